The van der Waals surface area contributed by atoms with Crippen LogP contribution in [0.15, 0.2) is 58.1 Å². The molecule has 10 heteroatoms. The van der Waals surface area contributed by atoms with Gasteiger partial charge in [-0.2, -0.15) is 0 Å². The Morgan fingerprint density at radius 2 is 1.71 bits per heavy atom. The molecule has 5 aromatic rings. The molecule has 218 valence electrons. The van der Waals surface area contributed by atoms with Crippen LogP contribution in [0.4, 0.5) is 0 Å². The van der Waals surface area contributed by atoms with Crippen molar-refractivity contribution in [3.8, 4) is 22.5 Å². The molecule has 10 nitrogen and oxygen atoms in total. The van der Waals surface area contributed by atoms with E-state index in [1.54, 1.807) is 4.57 Å². The lowest BCUT2D eigenvalue weighted by molar-refractivity contribution is 0.468. The normalized spacial score (nSPS) is 13.4. The first-order valence-corrected chi connectivity index (χ1v) is 15.1. The lowest BCUT2D eigenvalue weighted by Crippen LogP contribution is -2.42. The number of fused-ring (bicyclic) bond motifs is 1. The van der Waals surface area contributed by atoms with E-state index >= 15 is 0 Å². The van der Waals surface area contributed by atoms with Gasteiger partial charge < -0.3 is 4.57 Å². The first kappa shape index (κ1) is 27.8. The van der Waals surface area contributed by atoms with E-state index in [1.165, 1.54) is 4.57 Å². The third-order valence-corrected chi connectivity index (χ3v) is 8.02. The molecule has 0 saturated heterocycles. The van der Waals surface area contributed by atoms with Crippen LogP contribution in [0.25, 0.3) is 33.7 Å². The minimum atomic E-state index is -0.240. The molecule has 0 aliphatic heterocycles. The van der Waals surface area contributed by atoms with Crippen molar-refractivity contribution in [2.45, 2.75) is 78.9 Å². The molecule has 3 aromatic heterocycles. The number of tetrazole rings is 1. The Morgan fingerprint density at radius 1 is 0.952 bits per heavy atom. The summed E-state index contributed by atoms with van der Waals surface area (Å²) in [6, 6.07) is 16.4. The molecule has 2 aromatic carbocycles. The number of unbranched alkanes of at least 4 members (excludes halogenated alkanes) is 2. The number of nitrogens with zero attached hydrogens (tertiary/aromatic N) is 7. The van der Waals surface area contributed by atoms with Gasteiger partial charge >= 0.3 is 5.69 Å². The van der Waals surface area contributed by atoms with Crippen LogP contribution in [0.2, 0.25) is 0 Å². The molecule has 6 rings (SSSR count). The van der Waals surface area contributed by atoms with Crippen molar-refractivity contribution in [2.75, 3.05) is 0 Å². The van der Waals surface area contributed by atoms with E-state index in [0.29, 0.717) is 42.5 Å². The predicted octanol–water partition coefficient (Wildman–Crippen LogP) is 5.05. The molecule has 3 heterocycles. The second kappa shape index (κ2) is 11.9. The third kappa shape index (κ3) is 5.57. The maximum absolute atomic E-state index is 14.0. The molecule has 1 saturated carbocycles. The zero-order valence-electron chi connectivity index (χ0n) is 24.6. The van der Waals surface area contributed by atoms with Gasteiger partial charge in [0.05, 0.1) is 0 Å². The van der Waals surface area contributed by atoms with E-state index in [1.807, 2.05) is 32.0 Å². The van der Waals surface area contributed by atoms with Gasteiger partial charge in [0.25, 0.3) is 5.56 Å². The molecule has 42 heavy (non-hydrogen) atoms. The standard InChI is InChI=1S/C32H38N8O2/c1-4-5-6-11-27-33-30-28(31(41)40(18-21(2)3)32(42)39(30)20-22-12-13-22)38(27)19-23-14-16-24(17-15-23)25-9-7-8-10-26(25)29-34-36-37-35-29/h7-10,14-17,21-22H,4-6,11-13,18-20H2,1-3H3,(H,34,35,36,37). The Balaban J connectivity index is 1.43. The summed E-state index contributed by atoms with van der Waals surface area (Å²) in [4.78, 5) is 32.5. The van der Waals surface area contributed by atoms with E-state index < -0.39 is 0 Å². The summed E-state index contributed by atoms with van der Waals surface area (Å²) < 4.78 is 5.27. The fourth-order valence-electron chi connectivity index (χ4n) is 5.67. The van der Waals surface area contributed by atoms with E-state index in [4.69, 9.17) is 4.98 Å². The van der Waals surface area contributed by atoms with Gasteiger partial charge in [-0.15, -0.1) is 5.10 Å². The predicted molar refractivity (Wildman–Crippen MR) is 163 cm³/mol. The molecule has 0 atom stereocenters. The molecule has 0 spiro atoms. The second-order valence-corrected chi connectivity index (χ2v) is 11.9. The summed E-state index contributed by atoms with van der Waals surface area (Å²) in [6.07, 6.45) is 6.17. The summed E-state index contributed by atoms with van der Waals surface area (Å²) >= 11 is 0. The lowest BCUT2D eigenvalue weighted by atomic mass is 9.98. The maximum atomic E-state index is 14.0. The molecule has 1 fully saturated rings. The van der Waals surface area contributed by atoms with E-state index in [-0.39, 0.29) is 17.2 Å². The summed E-state index contributed by atoms with van der Waals surface area (Å²) in [7, 11) is 0. The van der Waals surface area contributed by atoms with Crippen LogP contribution in [-0.4, -0.2) is 39.3 Å². The summed E-state index contributed by atoms with van der Waals surface area (Å²) in [5.74, 6) is 2.14. The van der Waals surface area contributed by atoms with E-state index in [2.05, 4.69) is 62.4 Å². The smallest absolute Gasteiger partial charge is 0.318 e. The van der Waals surface area contributed by atoms with Crippen molar-refractivity contribution in [3.63, 3.8) is 0 Å². The van der Waals surface area contributed by atoms with Crippen LogP contribution in [-0.2, 0) is 26.1 Å². The maximum Gasteiger partial charge on any atom is 0.332 e. The molecule has 1 N–H and O–H groups in total. The number of aromatic amines is 1. The van der Waals surface area contributed by atoms with Gasteiger partial charge in [0.15, 0.2) is 17.0 Å². The fraction of sp³-hybridized carbons (Fsp3) is 0.438. The van der Waals surface area contributed by atoms with Gasteiger partial charge in [-0.1, -0.05) is 82.1 Å². The highest BCUT2D eigenvalue weighted by Gasteiger charge is 2.27. The summed E-state index contributed by atoms with van der Waals surface area (Å²) in [6.45, 7) is 7.77. The summed E-state index contributed by atoms with van der Waals surface area (Å²) in [5, 5.41) is 14.4. The molecule has 0 bridgehead atoms. The average Bonchev–Trinajstić information content (AvgIpc) is 3.50. The van der Waals surface area contributed by atoms with Gasteiger partial charge in [0, 0.05) is 31.6 Å². The van der Waals surface area contributed by atoms with E-state index in [9.17, 15) is 9.59 Å². The second-order valence-electron chi connectivity index (χ2n) is 11.9. The van der Waals surface area contributed by atoms with Gasteiger partial charge in [0.1, 0.15) is 5.82 Å². The minimum Gasteiger partial charge on any atom is -0.318 e. The van der Waals surface area contributed by atoms with Crippen molar-refractivity contribution in [1.29, 1.82) is 0 Å². The lowest BCUT2D eigenvalue weighted by Gasteiger charge is -2.14. The van der Waals surface area contributed by atoms with Crippen LogP contribution < -0.4 is 11.2 Å². The number of nitrogens with one attached hydrogen (secondary N) is 1. The topological polar surface area (TPSA) is 116 Å². The Hall–Kier alpha value is -4.34. The quantitative estimate of drug-likeness (QED) is 0.211. The Kier molecular flexibility index (Phi) is 7.86. The number of rotatable bonds is 12. The zero-order valence-corrected chi connectivity index (χ0v) is 24.6. The Labute approximate surface area is 244 Å². The van der Waals surface area contributed by atoms with Crippen molar-refractivity contribution in [3.05, 3.63) is 80.8 Å². The average molecular weight is 567 g/mol. The van der Waals surface area contributed by atoms with Gasteiger partial charge in [-0.3, -0.25) is 13.9 Å². The van der Waals surface area contributed by atoms with Crippen LogP contribution in [0.5, 0.6) is 0 Å². The van der Waals surface area contributed by atoms with Crippen molar-refractivity contribution < 1.29 is 0 Å². The fourth-order valence-corrected chi connectivity index (χ4v) is 5.67. The van der Waals surface area contributed by atoms with Crippen LogP contribution in [0, 0.1) is 11.8 Å². The molecule has 0 radical (unpaired) electrons. The highest BCUT2D eigenvalue weighted by atomic mass is 16.2. The van der Waals surface area contributed by atoms with Gasteiger partial charge in [0.2, 0.25) is 0 Å². The van der Waals surface area contributed by atoms with E-state index in [0.717, 1.165) is 66.6 Å². The highest BCUT2D eigenvalue weighted by Crippen LogP contribution is 2.32. The van der Waals surface area contributed by atoms with Crippen LogP contribution >= 0.6 is 0 Å². The van der Waals surface area contributed by atoms with Crippen LogP contribution in [0.3, 0.4) is 0 Å². The number of hydrogen-bond acceptors (Lipinski definition) is 6. The first-order chi connectivity index (χ1) is 20.4. The molecule has 0 unspecified atom stereocenters. The number of hydrogen-bond donors (Lipinski definition) is 1. The zero-order chi connectivity index (χ0) is 29.2. The SMILES string of the molecule is CCCCCc1nc2c(c(=O)n(CC(C)C)c(=O)n2CC2CC2)n1Cc1ccc(-c2ccccc2-c2nnn[nH]2)cc1. The number of imidazole rings is 1. The van der Waals surface area contributed by atoms with Crippen molar-refractivity contribution in [2.24, 2.45) is 11.8 Å². The molecule has 1 aliphatic rings. The monoisotopic (exact) mass is 566 g/mol. The van der Waals surface area contributed by atoms with Gasteiger partial charge in [-0.25, -0.2) is 14.9 Å². The van der Waals surface area contributed by atoms with Crippen LogP contribution in [0.1, 0.15) is 64.3 Å². The van der Waals surface area contributed by atoms with Crippen molar-refractivity contribution in [1.82, 2.24) is 39.3 Å². The number of aryl methyl sites for hydroxylation is 1. The molecule has 0 amide bonds. The number of H-pyrrole nitrogens is 1. The van der Waals surface area contributed by atoms with Crippen molar-refractivity contribution >= 4 is 11.2 Å². The summed E-state index contributed by atoms with van der Waals surface area (Å²) in [5.41, 5.74) is 4.65. The molecule has 1 aliphatic carbocycles. The Morgan fingerprint density at radius 3 is 2.38 bits per heavy atom. The van der Waals surface area contributed by atoms with Gasteiger partial charge in [-0.05, 0) is 58.2 Å². The number of benzene rings is 2. The largest absolute Gasteiger partial charge is 0.332 e. The number of aromatic nitrogens is 8. The first-order valence-electron chi connectivity index (χ1n) is 15.1. The highest BCUT2D eigenvalue weighted by molar-refractivity contribution is 5.80. The molecular formula is C32H38N8O2. The molecular weight excluding hydrogens is 528 g/mol. The minimum absolute atomic E-state index is 0.172. The Bertz CT molecular complexity index is 1790. The third-order valence-electron chi connectivity index (χ3n) is 8.02.